The van der Waals surface area contributed by atoms with Gasteiger partial charge in [-0.2, -0.15) is 4.98 Å². The van der Waals surface area contributed by atoms with Gasteiger partial charge >= 0.3 is 0 Å². The Kier molecular flexibility index (Phi) is 2.95. The average molecular weight is 229 g/mol. The molecular weight excluding hydrogens is 220 g/mol. The summed E-state index contributed by atoms with van der Waals surface area (Å²) in [7, 11) is 0. The van der Waals surface area contributed by atoms with Gasteiger partial charge in [-0.3, -0.25) is 0 Å². The third-order valence-electron chi connectivity index (χ3n) is 1.98. The zero-order chi connectivity index (χ0) is 11.5. The Labute approximate surface area is 89.1 Å². The molecule has 16 heavy (non-hydrogen) atoms. The average Bonchev–Trinajstić information content (AvgIpc) is 2.85. The summed E-state index contributed by atoms with van der Waals surface area (Å²) in [4.78, 5) is 6.72. The first-order valence-electron chi connectivity index (χ1n) is 4.59. The number of rotatable bonds is 4. The van der Waals surface area contributed by atoms with E-state index in [0.29, 0.717) is 5.69 Å². The summed E-state index contributed by atoms with van der Waals surface area (Å²) < 4.78 is 28.8. The molecule has 2 N–H and O–H groups in total. The lowest BCUT2D eigenvalue weighted by atomic mass is 10.2. The third-order valence-corrected chi connectivity index (χ3v) is 1.98. The molecule has 2 rings (SSSR count). The Hall–Kier alpha value is -1.76. The van der Waals surface area contributed by atoms with Gasteiger partial charge in [0.25, 0.3) is 6.43 Å². The lowest BCUT2D eigenvalue weighted by Gasteiger charge is -2.04. The number of halogens is 2. The maximum atomic E-state index is 12.0. The number of nitrogens with one attached hydrogen (secondary N) is 1. The van der Waals surface area contributed by atoms with Crippen molar-refractivity contribution in [2.45, 2.75) is 19.0 Å². The molecule has 0 bridgehead atoms. The van der Waals surface area contributed by atoms with Crippen LogP contribution in [0.4, 0.5) is 8.78 Å². The van der Waals surface area contributed by atoms with E-state index >= 15 is 0 Å². The molecule has 1 atom stereocenters. The fourth-order valence-electron chi connectivity index (χ4n) is 1.18. The van der Waals surface area contributed by atoms with Crippen LogP contribution in [0.5, 0.6) is 0 Å². The van der Waals surface area contributed by atoms with E-state index in [1.165, 1.54) is 0 Å². The Morgan fingerprint density at radius 3 is 2.94 bits per heavy atom. The van der Waals surface area contributed by atoms with Crippen LogP contribution in [0.15, 0.2) is 22.9 Å². The molecule has 0 fully saturated rings. The molecular formula is C9H9F2N3O2. The van der Waals surface area contributed by atoms with E-state index in [-0.39, 0.29) is 18.1 Å². The molecule has 1 unspecified atom stereocenters. The summed E-state index contributed by atoms with van der Waals surface area (Å²) in [5.74, 6) is 0.263. The van der Waals surface area contributed by atoms with Crippen LogP contribution in [0.1, 0.15) is 5.89 Å². The lowest BCUT2D eigenvalue weighted by Crippen LogP contribution is -2.20. The molecule has 0 aromatic carbocycles. The first kappa shape index (κ1) is 10.7. The minimum absolute atomic E-state index is 0.0163. The maximum Gasteiger partial charge on any atom is 0.264 e. The van der Waals surface area contributed by atoms with Crippen LogP contribution in [0.25, 0.3) is 11.5 Å². The van der Waals surface area contributed by atoms with Crippen LogP contribution >= 0.6 is 0 Å². The summed E-state index contributed by atoms with van der Waals surface area (Å²) >= 11 is 0. The van der Waals surface area contributed by atoms with Crippen LogP contribution in [0, 0.1) is 0 Å². The molecule has 7 heteroatoms. The highest BCUT2D eigenvalue weighted by atomic mass is 19.3. The minimum Gasteiger partial charge on any atom is -0.387 e. The SMILES string of the molecule is OC(Cc1nc(-c2ccc[nH]2)no1)C(F)F. The van der Waals surface area contributed by atoms with Gasteiger partial charge in [0.1, 0.15) is 6.10 Å². The highest BCUT2D eigenvalue weighted by Crippen LogP contribution is 2.14. The number of aliphatic hydroxyl groups is 1. The highest BCUT2D eigenvalue weighted by molar-refractivity contribution is 5.47. The van der Waals surface area contributed by atoms with Crippen LogP contribution in [0.2, 0.25) is 0 Å². The predicted octanol–water partition coefficient (Wildman–Crippen LogP) is 1.23. The predicted molar refractivity (Wildman–Crippen MR) is 49.8 cm³/mol. The van der Waals surface area contributed by atoms with Gasteiger partial charge in [-0.15, -0.1) is 0 Å². The standard InChI is InChI=1S/C9H9F2N3O2/c10-8(11)6(15)4-7-13-9(14-16-7)5-2-1-3-12-5/h1-3,6,8,12,15H,4H2. The minimum atomic E-state index is -2.82. The maximum absolute atomic E-state index is 12.0. The number of nitrogens with zero attached hydrogens (tertiary/aromatic N) is 2. The van der Waals surface area contributed by atoms with Crippen molar-refractivity contribution in [2.75, 3.05) is 0 Å². The fourth-order valence-corrected chi connectivity index (χ4v) is 1.18. The second-order valence-electron chi connectivity index (χ2n) is 3.20. The van der Waals surface area contributed by atoms with Gasteiger partial charge in [-0.1, -0.05) is 5.16 Å². The quantitative estimate of drug-likeness (QED) is 0.826. The van der Waals surface area contributed by atoms with Gasteiger partial charge in [0, 0.05) is 6.20 Å². The van der Waals surface area contributed by atoms with E-state index in [2.05, 4.69) is 15.1 Å². The molecule has 2 heterocycles. The van der Waals surface area contributed by atoms with Crippen molar-refractivity contribution < 1.29 is 18.4 Å². The normalized spacial score (nSPS) is 13.2. The van der Waals surface area contributed by atoms with Crippen molar-refractivity contribution in [2.24, 2.45) is 0 Å². The number of hydrogen-bond acceptors (Lipinski definition) is 4. The molecule has 5 nitrogen and oxygen atoms in total. The number of aliphatic hydroxyl groups excluding tert-OH is 1. The Morgan fingerprint density at radius 1 is 1.50 bits per heavy atom. The summed E-state index contributed by atoms with van der Waals surface area (Å²) in [6, 6.07) is 3.47. The number of aromatic nitrogens is 3. The smallest absolute Gasteiger partial charge is 0.264 e. The number of alkyl halides is 2. The fraction of sp³-hybridized carbons (Fsp3) is 0.333. The summed E-state index contributed by atoms with van der Waals surface area (Å²) in [5, 5.41) is 12.5. The zero-order valence-corrected chi connectivity index (χ0v) is 8.10. The first-order valence-corrected chi connectivity index (χ1v) is 4.59. The summed E-state index contributed by atoms with van der Waals surface area (Å²) in [6.45, 7) is 0. The molecule has 0 aliphatic carbocycles. The van der Waals surface area contributed by atoms with E-state index in [1.807, 2.05) is 0 Å². The van der Waals surface area contributed by atoms with Crippen molar-refractivity contribution in [3.63, 3.8) is 0 Å². The van der Waals surface area contributed by atoms with Gasteiger partial charge in [0.15, 0.2) is 0 Å². The van der Waals surface area contributed by atoms with E-state index in [4.69, 9.17) is 9.63 Å². The molecule has 0 aliphatic heterocycles. The first-order chi connectivity index (χ1) is 7.66. The van der Waals surface area contributed by atoms with Crippen LogP contribution < -0.4 is 0 Å². The third kappa shape index (κ3) is 2.25. The summed E-state index contributed by atoms with van der Waals surface area (Å²) in [6.07, 6.45) is -3.28. The number of H-pyrrole nitrogens is 1. The largest absolute Gasteiger partial charge is 0.387 e. The van der Waals surface area contributed by atoms with Crippen molar-refractivity contribution >= 4 is 0 Å². The summed E-state index contributed by atoms with van der Waals surface area (Å²) in [5.41, 5.74) is 0.626. The Balaban J connectivity index is 2.08. The molecule has 0 saturated carbocycles. The molecule has 86 valence electrons. The monoisotopic (exact) mass is 229 g/mol. The van der Waals surface area contributed by atoms with E-state index in [1.54, 1.807) is 18.3 Å². The van der Waals surface area contributed by atoms with Crippen molar-refractivity contribution in [1.82, 2.24) is 15.1 Å². The Bertz CT molecular complexity index is 441. The number of aromatic amines is 1. The van der Waals surface area contributed by atoms with Gasteiger partial charge in [0.05, 0.1) is 12.1 Å². The molecule has 2 aromatic rings. The van der Waals surface area contributed by atoms with Gasteiger partial charge in [0.2, 0.25) is 11.7 Å². The van der Waals surface area contributed by atoms with Crippen molar-refractivity contribution in [3.05, 3.63) is 24.2 Å². The number of hydrogen-bond donors (Lipinski definition) is 2. The van der Waals surface area contributed by atoms with E-state index in [9.17, 15) is 8.78 Å². The Morgan fingerprint density at radius 2 is 2.31 bits per heavy atom. The van der Waals surface area contributed by atoms with Crippen LogP contribution in [-0.2, 0) is 6.42 Å². The molecule has 2 aromatic heterocycles. The molecule has 0 aliphatic rings. The zero-order valence-electron chi connectivity index (χ0n) is 8.10. The van der Waals surface area contributed by atoms with E-state index in [0.717, 1.165) is 0 Å². The molecule has 0 radical (unpaired) electrons. The second-order valence-corrected chi connectivity index (χ2v) is 3.20. The van der Waals surface area contributed by atoms with Gasteiger partial charge in [-0.25, -0.2) is 8.78 Å². The van der Waals surface area contributed by atoms with Crippen molar-refractivity contribution in [1.29, 1.82) is 0 Å². The van der Waals surface area contributed by atoms with Crippen LogP contribution in [0.3, 0.4) is 0 Å². The van der Waals surface area contributed by atoms with Crippen molar-refractivity contribution in [3.8, 4) is 11.5 Å². The molecule has 0 spiro atoms. The topological polar surface area (TPSA) is 74.9 Å². The molecule has 0 saturated heterocycles. The lowest BCUT2D eigenvalue weighted by molar-refractivity contribution is -0.00754. The second kappa shape index (κ2) is 4.40. The molecule has 0 amide bonds. The highest BCUT2D eigenvalue weighted by Gasteiger charge is 2.21. The van der Waals surface area contributed by atoms with Crippen LogP contribution in [-0.4, -0.2) is 32.8 Å². The van der Waals surface area contributed by atoms with Gasteiger partial charge < -0.3 is 14.6 Å². The van der Waals surface area contributed by atoms with Gasteiger partial charge in [-0.05, 0) is 12.1 Å². The van der Waals surface area contributed by atoms with E-state index < -0.39 is 12.5 Å².